The van der Waals surface area contributed by atoms with Gasteiger partial charge in [0.25, 0.3) is 0 Å². The van der Waals surface area contributed by atoms with E-state index in [1.807, 2.05) is 0 Å². The topological polar surface area (TPSA) is 52.0 Å². The molecule has 0 saturated carbocycles. The van der Waals surface area contributed by atoms with Crippen molar-refractivity contribution in [2.45, 2.75) is 12.8 Å². The summed E-state index contributed by atoms with van der Waals surface area (Å²) in [7, 11) is 0. The molecule has 0 atom stereocenters. The zero-order valence-corrected chi connectivity index (χ0v) is 8.82. The maximum absolute atomic E-state index is 12.8. The molecule has 2 aromatic rings. The molecule has 84 valence electrons. The molecule has 0 amide bonds. The van der Waals surface area contributed by atoms with Crippen molar-refractivity contribution in [1.29, 1.82) is 0 Å². The van der Waals surface area contributed by atoms with Gasteiger partial charge in [-0.25, -0.2) is 4.39 Å². The van der Waals surface area contributed by atoms with Crippen LogP contribution in [-0.4, -0.2) is 11.7 Å². The normalized spacial score (nSPS) is 10.6. The summed E-state index contributed by atoms with van der Waals surface area (Å²) in [6.07, 6.45) is 3.26. The molecule has 0 saturated heterocycles. The van der Waals surface area contributed by atoms with E-state index in [9.17, 15) is 4.39 Å². The van der Waals surface area contributed by atoms with E-state index >= 15 is 0 Å². The predicted octanol–water partition coefficient (Wildman–Crippen LogP) is 2.37. The van der Waals surface area contributed by atoms with E-state index in [0.29, 0.717) is 6.54 Å². The van der Waals surface area contributed by atoms with E-state index in [1.54, 1.807) is 18.3 Å². The van der Waals surface area contributed by atoms with Gasteiger partial charge in [0.15, 0.2) is 0 Å². The molecule has 1 aromatic heterocycles. The number of hydrogen-bond donors (Lipinski definition) is 1. The molecule has 0 spiro atoms. The Morgan fingerprint density at radius 1 is 1.25 bits per heavy atom. The van der Waals surface area contributed by atoms with Crippen LogP contribution in [0.15, 0.2) is 35.0 Å². The van der Waals surface area contributed by atoms with Gasteiger partial charge in [-0.3, -0.25) is 0 Å². The van der Waals surface area contributed by atoms with Crippen LogP contribution >= 0.6 is 0 Å². The van der Waals surface area contributed by atoms with Gasteiger partial charge < -0.3 is 10.3 Å². The first-order valence-electron chi connectivity index (χ1n) is 5.21. The van der Waals surface area contributed by atoms with Crippen LogP contribution in [0.4, 0.5) is 4.39 Å². The van der Waals surface area contributed by atoms with Gasteiger partial charge in [-0.2, -0.15) is 0 Å². The maximum atomic E-state index is 12.8. The number of hydrogen-bond acceptors (Lipinski definition) is 3. The molecule has 3 nitrogen and oxygen atoms in total. The molecular formula is C12H13FN2O. The lowest BCUT2D eigenvalue weighted by Gasteiger charge is -2.00. The minimum atomic E-state index is -0.247. The Balaban J connectivity index is 2.26. The molecular weight excluding hydrogens is 207 g/mol. The SMILES string of the molecule is NCCCc1oncc1-c1ccc(F)cc1. The van der Waals surface area contributed by atoms with Crippen molar-refractivity contribution in [1.82, 2.24) is 5.16 Å². The first-order valence-corrected chi connectivity index (χ1v) is 5.21. The van der Waals surface area contributed by atoms with Crippen LogP contribution in [0.1, 0.15) is 12.2 Å². The van der Waals surface area contributed by atoms with Crippen LogP contribution in [0.2, 0.25) is 0 Å². The summed E-state index contributed by atoms with van der Waals surface area (Å²) in [5, 5.41) is 3.76. The van der Waals surface area contributed by atoms with Crippen molar-refractivity contribution in [3.05, 3.63) is 42.0 Å². The number of rotatable bonds is 4. The molecule has 2 rings (SSSR count). The van der Waals surface area contributed by atoms with Crippen molar-refractivity contribution in [3.63, 3.8) is 0 Å². The van der Waals surface area contributed by atoms with E-state index in [-0.39, 0.29) is 5.82 Å². The second-order valence-electron chi connectivity index (χ2n) is 3.56. The Labute approximate surface area is 93.1 Å². The zero-order chi connectivity index (χ0) is 11.4. The number of nitrogens with two attached hydrogens (primary N) is 1. The monoisotopic (exact) mass is 220 g/mol. The maximum Gasteiger partial charge on any atom is 0.144 e. The Bertz CT molecular complexity index is 450. The zero-order valence-electron chi connectivity index (χ0n) is 8.82. The fourth-order valence-corrected chi connectivity index (χ4v) is 1.57. The minimum absolute atomic E-state index is 0.247. The van der Waals surface area contributed by atoms with Crippen LogP contribution in [0, 0.1) is 5.82 Å². The van der Waals surface area contributed by atoms with E-state index in [2.05, 4.69) is 5.16 Å². The average molecular weight is 220 g/mol. The number of halogens is 1. The van der Waals surface area contributed by atoms with Crippen molar-refractivity contribution in [2.24, 2.45) is 5.73 Å². The lowest BCUT2D eigenvalue weighted by Crippen LogP contribution is -2.00. The third-order valence-corrected chi connectivity index (χ3v) is 2.41. The molecule has 2 N–H and O–H groups in total. The molecule has 16 heavy (non-hydrogen) atoms. The highest BCUT2D eigenvalue weighted by molar-refractivity contribution is 5.64. The highest BCUT2D eigenvalue weighted by Crippen LogP contribution is 2.24. The van der Waals surface area contributed by atoms with Gasteiger partial charge in [-0.05, 0) is 30.7 Å². The Morgan fingerprint density at radius 2 is 2.00 bits per heavy atom. The highest BCUT2D eigenvalue weighted by Gasteiger charge is 2.09. The minimum Gasteiger partial charge on any atom is -0.361 e. The molecule has 1 aromatic carbocycles. The molecule has 0 aliphatic heterocycles. The smallest absolute Gasteiger partial charge is 0.144 e. The summed E-state index contributed by atoms with van der Waals surface area (Å²) in [4.78, 5) is 0. The van der Waals surface area contributed by atoms with Gasteiger partial charge in [0.2, 0.25) is 0 Å². The Kier molecular flexibility index (Phi) is 3.31. The lowest BCUT2D eigenvalue weighted by atomic mass is 10.0. The number of benzene rings is 1. The second-order valence-corrected chi connectivity index (χ2v) is 3.56. The van der Waals surface area contributed by atoms with Crippen LogP contribution in [-0.2, 0) is 6.42 Å². The Hall–Kier alpha value is -1.68. The van der Waals surface area contributed by atoms with E-state index < -0.39 is 0 Å². The summed E-state index contributed by atoms with van der Waals surface area (Å²) in [6.45, 7) is 0.615. The van der Waals surface area contributed by atoms with Crippen molar-refractivity contribution in [3.8, 4) is 11.1 Å². The van der Waals surface area contributed by atoms with Crippen LogP contribution in [0.3, 0.4) is 0 Å². The second kappa shape index (κ2) is 4.90. The molecule has 0 aliphatic carbocycles. The number of aromatic nitrogens is 1. The van der Waals surface area contributed by atoms with Gasteiger partial charge in [0, 0.05) is 12.0 Å². The predicted molar refractivity (Wildman–Crippen MR) is 59.3 cm³/mol. The Morgan fingerprint density at radius 3 is 2.69 bits per heavy atom. The summed E-state index contributed by atoms with van der Waals surface area (Å²) in [6, 6.07) is 6.28. The third kappa shape index (κ3) is 2.28. The molecule has 0 bridgehead atoms. The fourth-order valence-electron chi connectivity index (χ4n) is 1.57. The molecule has 0 radical (unpaired) electrons. The van der Waals surface area contributed by atoms with Crippen molar-refractivity contribution >= 4 is 0 Å². The van der Waals surface area contributed by atoms with E-state index in [4.69, 9.17) is 10.3 Å². The summed E-state index contributed by atoms with van der Waals surface area (Å²) in [5.41, 5.74) is 7.26. The van der Waals surface area contributed by atoms with Gasteiger partial charge in [-0.1, -0.05) is 17.3 Å². The molecule has 4 heteroatoms. The van der Waals surface area contributed by atoms with Crippen LogP contribution in [0.25, 0.3) is 11.1 Å². The van der Waals surface area contributed by atoms with Gasteiger partial charge in [-0.15, -0.1) is 0 Å². The van der Waals surface area contributed by atoms with Gasteiger partial charge >= 0.3 is 0 Å². The lowest BCUT2D eigenvalue weighted by molar-refractivity contribution is 0.382. The van der Waals surface area contributed by atoms with E-state index in [0.717, 1.165) is 29.7 Å². The largest absolute Gasteiger partial charge is 0.361 e. The molecule has 0 fully saturated rings. The standard InChI is InChI=1S/C12H13FN2O/c13-10-5-3-9(4-6-10)11-8-15-16-12(11)2-1-7-14/h3-6,8H,1-2,7,14H2. The van der Waals surface area contributed by atoms with Crippen molar-refractivity contribution in [2.75, 3.05) is 6.54 Å². The van der Waals surface area contributed by atoms with Crippen molar-refractivity contribution < 1.29 is 8.91 Å². The van der Waals surface area contributed by atoms with Gasteiger partial charge in [0.05, 0.1) is 6.20 Å². The highest BCUT2D eigenvalue weighted by atomic mass is 19.1. The molecule has 1 heterocycles. The quantitative estimate of drug-likeness (QED) is 0.860. The number of nitrogens with zero attached hydrogens (tertiary/aromatic N) is 1. The molecule has 0 unspecified atom stereocenters. The molecule has 0 aliphatic rings. The number of aryl methyl sites for hydroxylation is 1. The fraction of sp³-hybridized carbons (Fsp3) is 0.250. The first-order chi connectivity index (χ1) is 7.81. The average Bonchev–Trinajstić information content (AvgIpc) is 2.75. The van der Waals surface area contributed by atoms with Crippen LogP contribution < -0.4 is 5.73 Å². The first kappa shape index (κ1) is 10.8. The van der Waals surface area contributed by atoms with Crippen LogP contribution in [0.5, 0.6) is 0 Å². The third-order valence-electron chi connectivity index (χ3n) is 2.41. The van der Waals surface area contributed by atoms with Gasteiger partial charge in [0.1, 0.15) is 11.6 Å². The summed E-state index contributed by atoms with van der Waals surface area (Å²) < 4.78 is 17.9. The summed E-state index contributed by atoms with van der Waals surface area (Å²) >= 11 is 0. The van der Waals surface area contributed by atoms with E-state index in [1.165, 1.54) is 12.1 Å². The summed E-state index contributed by atoms with van der Waals surface area (Å²) in [5.74, 6) is 0.556.